The van der Waals surface area contributed by atoms with Gasteiger partial charge in [-0.2, -0.15) is 0 Å². The van der Waals surface area contributed by atoms with Gasteiger partial charge in [-0.05, 0) is 108 Å². The number of tetrazole rings is 1. The van der Waals surface area contributed by atoms with Crippen LogP contribution in [0.2, 0.25) is 0 Å². The van der Waals surface area contributed by atoms with Crippen LogP contribution in [0.25, 0.3) is 17.2 Å². The summed E-state index contributed by atoms with van der Waals surface area (Å²) in [6.45, 7) is 7.71. The van der Waals surface area contributed by atoms with E-state index in [2.05, 4.69) is 87.1 Å². The van der Waals surface area contributed by atoms with Crippen LogP contribution >= 0.6 is 0 Å². The minimum Gasteiger partial charge on any atom is -0.491 e. The van der Waals surface area contributed by atoms with Gasteiger partial charge in [-0.25, -0.2) is 4.68 Å². The predicted molar refractivity (Wildman–Crippen MR) is 196 cm³/mol. The van der Waals surface area contributed by atoms with Gasteiger partial charge in [0.1, 0.15) is 12.4 Å². The Labute approximate surface area is 295 Å². The van der Waals surface area contributed by atoms with E-state index in [1.54, 1.807) is 4.68 Å². The Morgan fingerprint density at radius 1 is 1.00 bits per heavy atom. The molecule has 3 heterocycles. The van der Waals surface area contributed by atoms with Gasteiger partial charge < -0.3 is 24.4 Å². The van der Waals surface area contributed by atoms with Crippen LogP contribution in [-0.4, -0.2) is 83.7 Å². The molecule has 1 amide bonds. The van der Waals surface area contributed by atoms with Crippen LogP contribution in [0.3, 0.4) is 0 Å². The number of fused-ring (bicyclic) bond motifs is 1. The quantitative estimate of drug-likeness (QED) is 0.149. The van der Waals surface area contributed by atoms with Crippen molar-refractivity contribution in [1.82, 2.24) is 25.1 Å². The van der Waals surface area contributed by atoms with Crippen LogP contribution in [-0.2, 0) is 34.4 Å². The molecule has 0 unspecified atom stereocenters. The van der Waals surface area contributed by atoms with Crippen LogP contribution in [0.4, 0.5) is 11.4 Å². The third-order valence-corrected chi connectivity index (χ3v) is 9.47. The predicted octanol–water partition coefficient (Wildman–Crippen LogP) is 6.12. The largest absolute Gasteiger partial charge is 0.491 e. The van der Waals surface area contributed by atoms with E-state index in [0.717, 1.165) is 97.3 Å². The summed E-state index contributed by atoms with van der Waals surface area (Å²) in [5.41, 5.74) is 6.83. The summed E-state index contributed by atoms with van der Waals surface area (Å²) < 4.78 is 18.7. The Balaban J connectivity index is 1.16. The van der Waals surface area contributed by atoms with Crippen LogP contribution in [0.1, 0.15) is 56.0 Å². The van der Waals surface area contributed by atoms with E-state index in [0.29, 0.717) is 38.8 Å². The summed E-state index contributed by atoms with van der Waals surface area (Å²) in [6, 6.07) is 23.2. The lowest BCUT2D eigenvalue weighted by atomic mass is 10.00. The summed E-state index contributed by atoms with van der Waals surface area (Å²) in [5.74, 6) is 1.46. The molecule has 0 saturated carbocycles. The lowest BCUT2D eigenvalue weighted by molar-refractivity contribution is -0.112. The molecule has 0 bridgehead atoms. The average Bonchev–Trinajstić information content (AvgIpc) is 3.46. The molecule has 1 fully saturated rings. The Morgan fingerprint density at radius 2 is 1.78 bits per heavy atom. The van der Waals surface area contributed by atoms with Gasteiger partial charge in [-0.15, -0.1) is 5.10 Å². The summed E-state index contributed by atoms with van der Waals surface area (Å²) in [7, 11) is 4.02. The molecule has 3 aromatic carbocycles. The number of aryl methyl sites for hydroxylation is 1. The van der Waals surface area contributed by atoms with Crippen molar-refractivity contribution in [2.45, 2.75) is 58.2 Å². The molecule has 11 nitrogen and oxygen atoms in total. The number of rotatable bonds is 15. The summed E-state index contributed by atoms with van der Waals surface area (Å²) in [5, 5.41) is 15.2. The fourth-order valence-electron chi connectivity index (χ4n) is 6.43. The van der Waals surface area contributed by atoms with Crippen molar-refractivity contribution >= 4 is 23.4 Å². The highest BCUT2D eigenvalue weighted by atomic mass is 16.5. The number of hydrogen-bond donors (Lipinski definition) is 1. The molecular weight excluding hydrogens is 630 g/mol. The molecule has 0 atom stereocenters. The maximum Gasteiger partial charge on any atom is 0.251 e. The second-order valence-electron chi connectivity index (χ2n) is 13.1. The van der Waals surface area contributed by atoms with Gasteiger partial charge in [-0.1, -0.05) is 43.7 Å². The zero-order chi connectivity index (χ0) is 34.7. The number of benzene rings is 3. The van der Waals surface area contributed by atoms with Crippen molar-refractivity contribution in [3.8, 4) is 16.9 Å². The first-order chi connectivity index (χ1) is 24.5. The second kappa shape index (κ2) is 17.4. The van der Waals surface area contributed by atoms with Gasteiger partial charge in [0.15, 0.2) is 5.82 Å². The number of anilines is 2. The van der Waals surface area contributed by atoms with E-state index in [9.17, 15) is 4.79 Å². The molecule has 4 aromatic rings. The smallest absolute Gasteiger partial charge is 0.251 e. The fourth-order valence-corrected chi connectivity index (χ4v) is 6.43. The van der Waals surface area contributed by atoms with Crippen LogP contribution in [0.15, 0.2) is 72.3 Å². The molecule has 264 valence electrons. The molecule has 1 saturated heterocycles. The molecule has 0 spiro atoms. The Hall–Kier alpha value is -4.58. The van der Waals surface area contributed by atoms with Gasteiger partial charge in [-0.3, -0.25) is 9.69 Å². The van der Waals surface area contributed by atoms with Crippen LogP contribution < -0.4 is 15.0 Å². The minimum atomic E-state index is -0.101. The van der Waals surface area contributed by atoms with E-state index in [1.807, 2.05) is 37.4 Å². The number of nitrogens with zero attached hydrogens (tertiary/aromatic N) is 6. The van der Waals surface area contributed by atoms with E-state index in [1.165, 1.54) is 5.56 Å². The number of hydrogen-bond acceptors (Lipinski definition) is 9. The summed E-state index contributed by atoms with van der Waals surface area (Å²) >= 11 is 0. The van der Waals surface area contributed by atoms with E-state index < -0.39 is 0 Å². The number of amides is 1. The molecule has 2 aliphatic heterocycles. The van der Waals surface area contributed by atoms with Gasteiger partial charge in [0.05, 0.1) is 13.2 Å². The molecular formula is C39H49N7O4. The first kappa shape index (κ1) is 35.3. The normalized spacial score (nSPS) is 15.0. The fraction of sp³-hybridized carbons (Fsp3) is 0.436. The monoisotopic (exact) mass is 679 g/mol. The SMILES string of the molecule is CCCCOCCOc1ccc(-c2ccc3c(c2)C=C(C(=O)Nc2ccc(CN(C)C4CCOCC4)cc2)CCN3Cc2nnnn2C)cc1. The van der Waals surface area contributed by atoms with Crippen LogP contribution in [0, 0.1) is 0 Å². The molecule has 6 rings (SSSR count). The van der Waals surface area contributed by atoms with Gasteiger partial charge in [0.25, 0.3) is 5.91 Å². The number of carbonyl (C=O) groups excluding carboxylic acids is 1. The van der Waals surface area contributed by atoms with Crippen LogP contribution in [0.5, 0.6) is 5.75 Å². The molecule has 50 heavy (non-hydrogen) atoms. The maximum atomic E-state index is 13.8. The maximum absolute atomic E-state index is 13.8. The van der Waals surface area contributed by atoms with Crippen molar-refractivity contribution in [3.63, 3.8) is 0 Å². The molecule has 0 radical (unpaired) electrons. The van der Waals surface area contributed by atoms with E-state index in [-0.39, 0.29) is 5.91 Å². The van der Waals surface area contributed by atoms with Crippen molar-refractivity contribution in [3.05, 3.63) is 89.3 Å². The van der Waals surface area contributed by atoms with Gasteiger partial charge >= 0.3 is 0 Å². The highest BCUT2D eigenvalue weighted by Crippen LogP contribution is 2.34. The molecule has 1 N–H and O–H groups in total. The van der Waals surface area contributed by atoms with Crippen molar-refractivity contribution in [2.75, 3.05) is 56.8 Å². The Bertz CT molecular complexity index is 1720. The van der Waals surface area contributed by atoms with E-state index in [4.69, 9.17) is 14.2 Å². The highest BCUT2D eigenvalue weighted by Gasteiger charge is 2.22. The van der Waals surface area contributed by atoms with Crippen molar-refractivity contribution < 1.29 is 19.0 Å². The van der Waals surface area contributed by atoms with Crippen molar-refractivity contribution in [2.24, 2.45) is 7.05 Å². The summed E-state index contributed by atoms with van der Waals surface area (Å²) in [4.78, 5) is 18.4. The first-order valence-electron chi connectivity index (χ1n) is 17.8. The van der Waals surface area contributed by atoms with E-state index >= 15 is 0 Å². The second-order valence-corrected chi connectivity index (χ2v) is 13.1. The number of unbranched alkanes of at least 4 members (excludes halogenated alkanes) is 1. The zero-order valence-corrected chi connectivity index (χ0v) is 29.5. The molecule has 1 aromatic heterocycles. The highest BCUT2D eigenvalue weighted by molar-refractivity contribution is 6.07. The lowest BCUT2D eigenvalue weighted by Crippen LogP contribution is -2.36. The summed E-state index contributed by atoms with van der Waals surface area (Å²) in [6.07, 6.45) is 6.91. The van der Waals surface area contributed by atoms with Gasteiger partial charge in [0.2, 0.25) is 0 Å². The Morgan fingerprint density at radius 3 is 2.52 bits per heavy atom. The molecule has 11 heteroatoms. The molecule has 0 aliphatic carbocycles. The molecule has 2 aliphatic rings. The topological polar surface area (TPSA) is 107 Å². The van der Waals surface area contributed by atoms with Crippen molar-refractivity contribution in [1.29, 1.82) is 0 Å². The Kier molecular flexibility index (Phi) is 12.3. The lowest BCUT2D eigenvalue weighted by Gasteiger charge is -2.31. The van der Waals surface area contributed by atoms with Gasteiger partial charge in [0, 0.05) is 62.9 Å². The number of carbonyl (C=O) groups is 1. The number of aromatic nitrogens is 4. The standard InChI is InChI=1S/C39H49N7O4/c1-4-5-20-48-23-24-50-36-13-8-30(9-14-36)31-10-15-37-33(25-31)26-32(16-19-46(37)28-38-41-42-43-45(38)3)39(47)40-34-11-6-29(7-12-34)27-44(2)35-17-21-49-22-18-35/h6-15,25-26,35H,4-5,16-24,27-28H2,1-3H3,(H,40,47). The zero-order valence-electron chi connectivity index (χ0n) is 29.5. The third-order valence-electron chi connectivity index (χ3n) is 9.47. The minimum absolute atomic E-state index is 0.101. The first-order valence-corrected chi connectivity index (χ1v) is 17.8. The number of ether oxygens (including phenoxy) is 3. The average molecular weight is 680 g/mol. The number of nitrogens with one attached hydrogen (secondary N) is 1. The third kappa shape index (κ3) is 9.35.